The van der Waals surface area contributed by atoms with Gasteiger partial charge in [0.1, 0.15) is 6.04 Å². The van der Waals surface area contributed by atoms with E-state index in [1.807, 2.05) is 18.2 Å². The molecule has 0 aromatic heterocycles. The van der Waals surface area contributed by atoms with E-state index < -0.39 is 0 Å². The van der Waals surface area contributed by atoms with Gasteiger partial charge in [0.05, 0.1) is 5.88 Å². The Morgan fingerprint density at radius 1 is 1.15 bits per heavy atom. The quantitative estimate of drug-likeness (QED) is 0.750. The van der Waals surface area contributed by atoms with Crippen LogP contribution in [0.25, 0.3) is 0 Å². The molecule has 2 saturated heterocycles. The molecule has 6 nitrogen and oxygen atoms in total. The summed E-state index contributed by atoms with van der Waals surface area (Å²) in [6, 6.07) is 8.83. The molecule has 142 valence electrons. The molecular weight excluding hydrogens is 348 g/mol. The van der Waals surface area contributed by atoms with Crippen molar-refractivity contribution >= 4 is 23.6 Å². The Morgan fingerprint density at radius 3 is 2.62 bits per heavy atom. The minimum Gasteiger partial charge on any atom is -0.354 e. The maximum absolute atomic E-state index is 12.6. The van der Waals surface area contributed by atoms with Crippen molar-refractivity contribution in [3.05, 3.63) is 35.9 Å². The highest BCUT2D eigenvalue weighted by molar-refractivity contribution is 7.99. The zero-order valence-corrected chi connectivity index (χ0v) is 16.2. The predicted molar refractivity (Wildman–Crippen MR) is 105 cm³/mol. The highest BCUT2D eigenvalue weighted by atomic mass is 32.2. The lowest BCUT2D eigenvalue weighted by Crippen LogP contribution is -2.48. The lowest BCUT2D eigenvalue weighted by molar-refractivity contribution is -0.124. The SMILES string of the molecule is CN1CCN(CCCNC(=O)[C@H]2CSCN2C(=O)c2ccccc2)CC1. The molecule has 0 bridgehead atoms. The van der Waals surface area contributed by atoms with Crippen LogP contribution in [-0.2, 0) is 4.79 Å². The molecule has 0 spiro atoms. The van der Waals surface area contributed by atoms with Gasteiger partial charge in [-0.15, -0.1) is 11.8 Å². The monoisotopic (exact) mass is 376 g/mol. The van der Waals surface area contributed by atoms with Crippen molar-refractivity contribution in [1.29, 1.82) is 0 Å². The second-order valence-corrected chi connectivity index (χ2v) is 7.95. The summed E-state index contributed by atoms with van der Waals surface area (Å²) in [6.45, 7) is 6.11. The minimum atomic E-state index is -0.364. The van der Waals surface area contributed by atoms with Crippen LogP contribution < -0.4 is 5.32 Å². The number of amides is 2. The second kappa shape index (κ2) is 9.39. The van der Waals surface area contributed by atoms with Crippen LogP contribution in [0.5, 0.6) is 0 Å². The van der Waals surface area contributed by atoms with Gasteiger partial charge in [0.15, 0.2) is 0 Å². The zero-order chi connectivity index (χ0) is 18.4. The highest BCUT2D eigenvalue weighted by Crippen LogP contribution is 2.23. The van der Waals surface area contributed by atoms with Gasteiger partial charge in [-0.1, -0.05) is 18.2 Å². The van der Waals surface area contributed by atoms with Gasteiger partial charge in [0.2, 0.25) is 5.91 Å². The summed E-state index contributed by atoms with van der Waals surface area (Å²) >= 11 is 1.64. The van der Waals surface area contributed by atoms with Crippen molar-refractivity contribution in [1.82, 2.24) is 20.0 Å². The van der Waals surface area contributed by atoms with Gasteiger partial charge in [0, 0.05) is 44.0 Å². The predicted octanol–water partition coefficient (Wildman–Crippen LogP) is 0.955. The number of likely N-dealkylation sites (N-methyl/N-ethyl adjacent to an activating group) is 1. The van der Waals surface area contributed by atoms with E-state index in [4.69, 9.17) is 0 Å². The van der Waals surface area contributed by atoms with E-state index in [1.165, 1.54) is 0 Å². The van der Waals surface area contributed by atoms with Crippen LogP contribution in [0.3, 0.4) is 0 Å². The van der Waals surface area contributed by atoms with Gasteiger partial charge < -0.3 is 20.0 Å². The molecule has 1 atom stereocenters. The Labute approximate surface area is 159 Å². The van der Waals surface area contributed by atoms with E-state index in [0.717, 1.165) is 39.1 Å². The first-order valence-electron chi connectivity index (χ1n) is 9.27. The van der Waals surface area contributed by atoms with Gasteiger partial charge in [-0.25, -0.2) is 0 Å². The summed E-state index contributed by atoms with van der Waals surface area (Å²) < 4.78 is 0. The first-order chi connectivity index (χ1) is 12.6. The molecule has 2 heterocycles. The molecule has 0 radical (unpaired) electrons. The van der Waals surface area contributed by atoms with E-state index in [-0.39, 0.29) is 17.9 Å². The molecule has 2 aliphatic rings. The molecule has 2 fully saturated rings. The van der Waals surface area contributed by atoms with E-state index in [1.54, 1.807) is 28.8 Å². The fourth-order valence-corrected chi connectivity index (χ4v) is 4.46. The molecule has 3 rings (SSSR count). The van der Waals surface area contributed by atoms with Crippen LogP contribution in [0.15, 0.2) is 30.3 Å². The average Bonchev–Trinajstić information content (AvgIpc) is 3.16. The zero-order valence-electron chi connectivity index (χ0n) is 15.4. The molecule has 1 N–H and O–H groups in total. The Morgan fingerprint density at radius 2 is 1.88 bits per heavy atom. The van der Waals surface area contributed by atoms with Gasteiger partial charge in [-0.05, 0) is 32.1 Å². The minimum absolute atomic E-state index is 0.0299. The van der Waals surface area contributed by atoms with Crippen LogP contribution in [0.2, 0.25) is 0 Å². The van der Waals surface area contributed by atoms with E-state index >= 15 is 0 Å². The number of rotatable bonds is 6. The number of nitrogens with zero attached hydrogens (tertiary/aromatic N) is 3. The van der Waals surface area contributed by atoms with Crippen molar-refractivity contribution < 1.29 is 9.59 Å². The number of nitrogens with one attached hydrogen (secondary N) is 1. The summed E-state index contributed by atoms with van der Waals surface area (Å²) in [7, 11) is 2.15. The van der Waals surface area contributed by atoms with Gasteiger partial charge >= 0.3 is 0 Å². The molecule has 7 heteroatoms. The summed E-state index contributed by atoms with van der Waals surface area (Å²) in [6.07, 6.45) is 0.946. The maximum Gasteiger partial charge on any atom is 0.255 e. The van der Waals surface area contributed by atoms with Crippen LogP contribution >= 0.6 is 11.8 Å². The lowest BCUT2D eigenvalue weighted by Gasteiger charge is -2.32. The molecule has 26 heavy (non-hydrogen) atoms. The molecule has 0 saturated carbocycles. The van der Waals surface area contributed by atoms with Crippen molar-refractivity contribution in [2.24, 2.45) is 0 Å². The normalized spacial score (nSPS) is 21.7. The number of hydrogen-bond donors (Lipinski definition) is 1. The first kappa shape index (κ1) is 19.2. The van der Waals surface area contributed by atoms with Crippen molar-refractivity contribution in [3.63, 3.8) is 0 Å². The Hall–Kier alpha value is -1.57. The largest absolute Gasteiger partial charge is 0.354 e. The standard InChI is InChI=1S/C19H28N4O2S/c1-21-10-12-22(13-11-21)9-5-8-20-18(24)17-14-26-15-23(17)19(25)16-6-3-2-4-7-16/h2-4,6-7,17H,5,8-15H2,1H3,(H,20,24)/t17-/m1/s1. The number of hydrogen-bond acceptors (Lipinski definition) is 5. The van der Waals surface area contributed by atoms with E-state index in [9.17, 15) is 9.59 Å². The molecular formula is C19H28N4O2S. The van der Waals surface area contributed by atoms with Crippen LogP contribution in [0.1, 0.15) is 16.8 Å². The van der Waals surface area contributed by atoms with Crippen LogP contribution in [-0.4, -0.2) is 90.5 Å². The number of piperazine rings is 1. The number of carbonyl (C=O) groups excluding carboxylic acids is 2. The van der Waals surface area contributed by atoms with Gasteiger partial charge in [-0.2, -0.15) is 0 Å². The third-order valence-electron chi connectivity index (χ3n) is 5.01. The number of thioether (sulfide) groups is 1. The number of benzene rings is 1. The summed E-state index contributed by atoms with van der Waals surface area (Å²) in [5.74, 6) is 1.15. The Balaban J connectivity index is 1.43. The Kier molecular flexibility index (Phi) is 6.93. The van der Waals surface area contributed by atoms with Crippen molar-refractivity contribution in [3.8, 4) is 0 Å². The molecule has 0 unspecified atom stereocenters. The molecule has 0 aliphatic carbocycles. The fraction of sp³-hybridized carbons (Fsp3) is 0.579. The lowest BCUT2D eigenvalue weighted by atomic mass is 10.1. The van der Waals surface area contributed by atoms with Gasteiger partial charge in [0.25, 0.3) is 5.91 Å². The molecule has 1 aromatic rings. The Bertz CT molecular complexity index is 605. The fourth-order valence-electron chi connectivity index (χ4n) is 3.31. The number of carbonyl (C=O) groups is 2. The maximum atomic E-state index is 12.6. The van der Waals surface area contributed by atoms with Crippen LogP contribution in [0, 0.1) is 0 Å². The molecule has 1 aromatic carbocycles. The highest BCUT2D eigenvalue weighted by Gasteiger charge is 2.34. The molecule has 2 aliphatic heterocycles. The topological polar surface area (TPSA) is 55.9 Å². The first-order valence-corrected chi connectivity index (χ1v) is 10.4. The smallest absolute Gasteiger partial charge is 0.255 e. The average molecular weight is 377 g/mol. The third kappa shape index (κ3) is 4.99. The van der Waals surface area contributed by atoms with Crippen molar-refractivity contribution in [2.75, 3.05) is 57.9 Å². The second-order valence-electron chi connectivity index (χ2n) is 6.95. The van der Waals surface area contributed by atoms with E-state index in [0.29, 0.717) is 23.7 Å². The molecule has 2 amide bonds. The van der Waals surface area contributed by atoms with Gasteiger partial charge in [-0.3, -0.25) is 9.59 Å². The third-order valence-corrected chi connectivity index (χ3v) is 6.02. The summed E-state index contributed by atoms with van der Waals surface area (Å²) in [5.41, 5.74) is 0.642. The van der Waals surface area contributed by atoms with Crippen molar-refractivity contribution in [2.45, 2.75) is 12.5 Å². The van der Waals surface area contributed by atoms with Crippen LogP contribution in [0.4, 0.5) is 0 Å². The summed E-state index contributed by atoms with van der Waals surface area (Å²) in [4.78, 5) is 31.7. The summed E-state index contributed by atoms with van der Waals surface area (Å²) in [5, 5.41) is 3.03. The van der Waals surface area contributed by atoms with E-state index in [2.05, 4.69) is 22.2 Å².